The third kappa shape index (κ3) is 3.10. The minimum Gasteiger partial charge on any atom is -0.388 e. The molecule has 2 atom stereocenters. The number of aryl methyl sites for hydroxylation is 1. The van der Waals surface area contributed by atoms with Crippen LogP contribution in [-0.4, -0.2) is 37.9 Å². The summed E-state index contributed by atoms with van der Waals surface area (Å²) in [6.45, 7) is 2.73. The zero-order valence-electron chi connectivity index (χ0n) is 14.9. The Balaban J connectivity index is 1.56. The Bertz CT molecular complexity index is 919. The molecule has 0 saturated carbocycles. The fraction of sp³-hybridized carbons (Fsp3) is 0.333. The Hall–Kier alpha value is -2.66. The van der Waals surface area contributed by atoms with Gasteiger partial charge >= 0.3 is 0 Å². The topological polar surface area (TPSA) is 57.8 Å². The summed E-state index contributed by atoms with van der Waals surface area (Å²) < 4.78 is 1.86. The van der Waals surface area contributed by atoms with E-state index in [4.69, 9.17) is 0 Å². The van der Waals surface area contributed by atoms with Crippen molar-refractivity contribution in [2.24, 2.45) is 0 Å². The number of hydrogen-bond donors (Lipinski definition) is 1. The number of nitrogens with zero attached hydrogens (tertiary/aromatic N) is 3. The second kappa shape index (κ2) is 6.92. The van der Waals surface area contributed by atoms with Crippen LogP contribution in [0.5, 0.6) is 0 Å². The third-order valence-corrected chi connectivity index (χ3v) is 5.19. The fourth-order valence-electron chi connectivity index (χ4n) is 3.81. The second-order valence-corrected chi connectivity index (χ2v) is 7.03. The lowest BCUT2D eigenvalue weighted by Gasteiger charge is -2.26. The van der Waals surface area contributed by atoms with Gasteiger partial charge in [-0.25, -0.2) is 4.98 Å². The van der Waals surface area contributed by atoms with Crippen molar-refractivity contribution in [3.05, 3.63) is 71.7 Å². The van der Waals surface area contributed by atoms with Gasteiger partial charge in [-0.05, 0) is 43.4 Å². The van der Waals surface area contributed by atoms with E-state index in [0.29, 0.717) is 12.1 Å². The van der Waals surface area contributed by atoms with Crippen molar-refractivity contribution >= 4 is 11.6 Å². The van der Waals surface area contributed by atoms with Gasteiger partial charge in [-0.2, -0.15) is 0 Å². The molecule has 1 amide bonds. The number of rotatable bonds is 4. The number of carbonyl (C=O) groups is 1. The zero-order chi connectivity index (χ0) is 18.1. The Kier molecular flexibility index (Phi) is 4.47. The minimum atomic E-state index is -0.556. The Morgan fingerprint density at radius 1 is 1.27 bits per heavy atom. The number of benzene rings is 1. The molecule has 1 fully saturated rings. The number of aromatic nitrogens is 2. The highest BCUT2D eigenvalue weighted by atomic mass is 16.3. The van der Waals surface area contributed by atoms with Gasteiger partial charge in [0, 0.05) is 18.8 Å². The molecule has 0 spiro atoms. The first-order valence-corrected chi connectivity index (χ1v) is 9.11. The third-order valence-electron chi connectivity index (χ3n) is 5.19. The van der Waals surface area contributed by atoms with E-state index in [2.05, 4.69) is 4.98 Å². The van der Waals surface area contributed by atoms with Gasteiger partial charge in [0.2, 0.25) is 0 Å². The number of likely N-dealkylation sites (tertiary alicyclic amines) is 1. The highest BCUT2D eigenvalue weighted by Gasteiger charge is 2.32. The van der Waals surface area contributed by atoms with Crippen molar-refractivity contribution in [1.29, 1.82) is 0 Å². The molecule has 2 aromatic heterocycles. The van der Waals surface area contributed by atoms with Crippen LogP contribution in [0.15, 0.2) is 54.9 Å². The molecule has 26 heavy (non-hydrogen) atoms. The van der Waals surface area contributed by atoms with Gasteiger partial charge in [0.05, 0.1) is 12.3 Å². The number of imidazole rings is 1. The van der Waals surface area contributed by atoms with Gasteiger partial charge in [-0.15, -0.1) is 0 Å². The van der Waals surface area contributed by atoms with Crippen molar-refractivity contribution in [2.75, 3.05) is 6.54 Å². The summed E-state index contributed by atoms with van der Waals surface area (Å²) in [5, 5.41) is 10.6. The molecule has 2 unspecified atom stereocenters. The number of carbonyl (C=O) groups excluding carboxylic acids is 1. The van der Waals surface area contributed by atoms with E-state index in [1.165, 1.54) is 0 Å². The van der Waals surface area contributed by atoms with Crippen LogP contribution in [0, 0.1) is 6.92 Å². The van der Waals surface area contributed by atoms with Crippen LogP contribution in [0.3, 0.4) is 0 Å². The summed E-state index contributed by atoms with van der Waals surface area (Å²) in [5.41, 5.74) is 3.35. The number of pyridine rings is 1. The zero-order valence-corrected chi connectivity index (χ0v) is 14.9. The van der Waals surface area contributed by atoms with Crippen LogP contribution >= 0.6 is 0 Å². The molecular weight excluding hydrogens is 326 g/mol. The first kappa shape index (κ1) is 16.8. The summed E-state index contributed by atoms with van der Waals surface area (Å²) in [6.07, 6.45) is 5.49. The molecule has 5 heteroatoms. The van der Waals surface area contributed by atoms with Gasteiger partial charge in [0.15, 0.2) is 0 Å². The summed E-state index contributed by atoms with van der Waals surface area (Å²) >= 11 is 0. The molecule has 0 bridgehead atoms. The summed E-state index contributed by atoms with van der Waals surface area (Å²) in [6, 6.07) is 13.6. The van der Waals surface area contributed by atoms with Gasteiger partial charge in [-0.1, -0.05) is 36.4 Å². The average molecular weight is 349 g/mol. The fourth-order valence-corrected chi connectivity index (χ4v) is 3.81. The number of aliphatic hydroxyl groups is 1. The smallest absolute Gasteiger partial charge is 0.272 e. The monoisotopic (exact) mass is 349 g/mol. The number of hydrogen-bond acceptors (Lipinski definition) is 3. The highest BCUT2D eigenvalue weighted by molar-refractivity contribution is 5.93. The van der Waals surface area contributed by atoms with Gasteiger partial charge in [0.25, 0.3) is 5.91 Å². The predicted molar refractivity (Wildman–Crippen MR) is 100 cm³/mol. The van der Waals surface area contributed by atoms with Crippen LogP contribution in [0.25, 0.3) is 5.65 Å². The largest absolute Gasteiger partial charge is 0.388 e. The van der Waals surface area contributed by atoms with E-state index < -0.39 is 6.10 Å². The maximum absolute atomic E-state index is 13.1. The molecule has 1 aliphatic heterocycles. The molecule has 1 aliphatic rings. The van der Waals surface area contributed by atoms with Crippen LogP contribution in [0.4, 0.5) is 0 Å². The lowest BCUT2D eigenvalue weighted by molar-refractivity contribution is 0.0660. The van der Waals surface area contributed by atoms with Crippen molar-refractivity contribution < 1.29 is 9.90 Å². The molecule has 3 heterocycles. The van der Waals surface area contributed by atoms with Crippen LogP contribution in [0.1, 0.15) is 47.0 Å². The Labute approximate surface area is 152 Å². The molecular formula is C21H23N3O2. The maximum Gasteiger partial charge on any atom is 0.272 e. The van der Waals surface area contributed by atoms with Crippen molar-refractivity contribution in [1.82, 2.24) is 14.3 Å². The van der Waals surface area contributed by atoms with Gasteiger partial charge in [-0.3, -0.25) is 9.20 Å². The standard InChI is InChI=1S/C21H23N3O2/c1-15-9-10-20-22-13-18(24(20)14-15)21(26)23-11-5-8-17(23)12-19(25)16-6-3-2-4-7-16/h2-4,6-7,9-10,13-14,17,19,25H,5,8,11-12H2,1H3. The molecule has 0 radical (unpaired) electrons. The lowest BCUT2D eigenvalue weighted by Crippen LogP contribution is -2.37. The van der Waals surface area contributed by atoms with E-state index in [1.54, 1.807) is 6.20 Å². The Morgan fingerprint density at radius 3 is 2.88 bits per heavy atom. The van der Waals surface area contributed by atoms with Gasteiger partial charge < -0.3 is 10.0 Å². The highest BCUT2D eigenvalue weighted by Crippen LogP contribution is 2.28. The van der Waals surface area contributed by atoms with E-state index in [9.17, 15) is 9.90 Å². The summed E-state index contributed by atoms with van der Waals surface area (Å²) in [5.74, 6) is -0.00846. The van der Waals surface area contributed by atoms with Crippen molar-refractivity contribution in [3.8, 4) is 0 Å². The van der Waals surface area contributed by atoms with E-state index in [-0.39, 0.29) is 11.9 Å². The minimum absolute atomic E-state index is 0.00846. The first-order chi connectivity index (χ1) is 12.6. The molecule has 134 valence electrons. The summed E-state index contributed by atoms with van der Waals surface area (Å²) in [7, 11) is 0. The quantitative estimate of drug-likeness (QED) is 0.786. The number of fused-ring (bicyclic) bond motifs is 1. The van der Waals surface area contributed by atoms with E-state index in [0.717, 1.165) is 36.2 Å². The lowest BCUT2D eigenvalue weighted by atomic mass is 10.0. The second-order valence-electron chi connectivity index (χ2n) is 7.03. The molecule has 4 rings (SSSR count). The van der Waals surface area contributed by atoms with Crippen LogP contribution in [-0.2, 0) is 0 Å². The molecule has 5 nitrogen and oxygen atoms in total. The molecule has 1 saturated heterocycles. The molecule has 1 aromatic carbocycles. The first-order valence-electron chi connectivity index (χ1n) is 9.11. The number of amides is 1. The van der Waals surface area contributed by atoms with E-state index in [1.807, 2.05) is 64.9 Å². The van der Waals surface area contributed by atoms with E-state index >= 15 is 0 Å². The normalized spacial score (nSPS) is 18.4. The SMILES string of the molecule is Cc1ccc2ncc(C(=O)N3CCCC3CC(O)c3ccccc3)n2c1. The molecule has 3 aromatic rings. The summed E-state index contributed by atoms with van der Waals surface area (Å²) in [4.78, 5) is 19.4. The molecule has 0 aliphatic carbocycles. The average Bonchev–Trinajstić information content (AvgIpc) is 3.28. The molecule has 1 N–H and O–H groups in total. The van der Waals surface area contributed by atoms with Crippen LogP contribution < -0.4 is 0 Å². The van der Waals surface area contributed by atoms with Crippen LogP contribution in [0.2, 0.25) is 0 Å². The maximum atomic E-state index is 13.1. The number of aliphatic hydroxyl groups excluding tert-OH is 1. The Morgan fingerprint density at radius 2 is 2.08 bits per heavy atom. The van der Waals surface area contributed by atoms with Crippen molar-refractivity contribution in [3.63, 3.8) is 0 Å². The van der Waals surface area contributed by atoms with Crippen molar-refractivity contribution in [2.45, 2.75) is 38.3 Å². The van der Waals surface area contributed by atoms with Gasteiger partial charge in [0.1, 0.15) is 11.3 Å². The predicted octanol–water partition coefficient (Wildman–Crippen LogP) is 3.37.